The topological polar surface area (TPSA) is 46.6 Å². The van der Waals surface area contributed by atoms with Gasteiger partial charge in [0.05, 0.1) is 18.4 Å². The Morgan fingerprint density at radius 1 is 1.26 bits per heavy atom. The average Bonchev–Trinajstić information content (AvgIpc) is 2.61. The lowest BCUT2D eigenvalue weighted by atomic mass is 9.74. The number of aryl methyl sites for hydroxylation is 1. The van der Waals surface area contributed by atoms with Gasteiger partial charge in [-0.15, -0.1) is 0 Å². The van der Waals surface area contributed by atoms with Crippen LogP contribution >= 0.6 is 0 Å². The number of rotatable bonds is 6. The van der Waals surface area contributed by atoms with Gasteiger partial charge in [-0.3, -0.25) is 9.59 Å². The molecule has 0 radical (unpaired) electrons. The van der Waals surface area contributed by atoms with Crippen molar-refractivity contribution < 1.29 is 27.5 Å². The molecule has 27 heavy (non-hydrogen) atoms. The summed E-state index contributed by atoms with van der Waals surface area (Å²) in [5, 5.41) is 0. The standard InChI is InChI=1S/C20H26F3NO3/c1-3-27-18(26)19(13-16-8-5-4-7-15(16)2)10-6-12-24(14-19)17(25)9-11-20(21,22)23/h4-5,7-8H,3,6,9-14H2,1-2H3/t19-/m1/s1. The Morgan fingerprint density at radius 3 is 2.59 bits per heavy atom. The zero-order valence-electron chi connectivity index (χ0n) is 15.8. The molecule has 0 unspecified atom stereocenters. The van der Waals surface area contributed by atoms with Crippen LogP contribution in [0.1, 0.15) is 43.7 Å². The normalized spacial score (nSPS) is 20.4. The molecule has 0 aromatic heterocycles. The van der Waals surface area contributed by atoms with E-state index in [9.17, 15) is 22.8 Å². The summed E-state index contributed by atoms with van der Waals surface area (Å²) in [7, 11) is 0. The number of benzene rings is 1. The maximum atomic E-state index is 12.8. The van der Waals surface area contributed by atoms with Crippen molar-refractivity contribution in [3.8, 4) is 0 Å². The van der Waals surface area contributed by atoms with Crippen LogP contribution < -0.4 is 0 Å². The minimum Gasteiger partial charge on any atom is -0.466 e. The fourth-order valence-corrected chi connectivity index (χ4v) is 3.59. The summed E-state index contributed by atoms with van der Waals surface area (Å²) in [5.74, 6) is -0.952. The number of carbonyl (C=O) groups excluding carboxylic acids is 2. The highest BCUT2D eigenvalue weighted by molar-refractivity contribution is 5.81. The minimum absolute atomic E-state index is 0.0941. The molecule has 1 fully saturated rings. The summed E-state index contributed by atoms with van der Waals surface area (Å²) >= 11 is 0. The average molecular weight is 385 g/mol. The zero-order chi connectivity index (χ0) is 20.1. The van der Waals surface area contributed by atoms with Gasteiger partial charge in [0.25, 0.3) is 0 Å². The first-order valence-electron chi connectivity index (χ1n) is 9.23. The highest BCUT2D eigenvalue weighted by Gasteiger charge is 2.45. The third-order valence-corrected chi connectivity index (χ3v) is 5.05. The molecule has 0 spiro atoms. The summed E-state index contributed by atoms with van der Waals surface area (Å²) in [5.41, 5.74) is 1.09. The van der Waals surface area contributed by atoms with Crippen LogP contribution in [0.2, 0.25) is 0 Å². The largest absolute Gasteiger partial charge is 0.466 e. The second-order valence-electron chi connectivity index (χ2n) is 7.14. The maximum Gasteiger partial charge on any atom is 0.389 e. The van der Waals surface area contributed by atoms with Gasteiger partial charge in [0.1, 0.15) is 0 Å². The molecule has 1 saturated heterocycles. The quantitative estimate of drug-likeness (QED) is 0.694. The van der Waals surface area contributed by atoms with E-state index < -0.39 is 30.3 Å². The third kappa shape index (κ3) is 5.71. The molecule has 7 heteroatoms. The van der Waals surface area contributed by atoms with E-state index in [-0.39, 0.29) is 19.1 Å². The van der Waals surface area contributed by atoms with Crippen molar-refractivity contribution in [3.05, 3.63) is 35.4 Å². The van der Waals surface area contributed by atoms with Gasteiger partial charge in [-0.1, -0.05) is 24.3 Å². The molecule has 150 valence electrons. The van der Waals surface area contributed by atoms with Crippen LogP contribution in [0.25, 0.3) is 0 Å². The van der Waals surface area contributed by atoms with Crippen molar-refractivity contribution in [1.82, 2.24) is 4.90 Å². The number of amides is 1. The third-order valence-electron chi connectivity index (χ3n) is 5.05. The fourth-order valence-electron chi connectivity index (χ4n) is 3.59. The number of likely N-dealkylation sites (tertiary alicyclic amines) is 1. The van der Waals surface area contributed by atoms with Crippen molar-refractivity contribution in [3.63, 3.8) is 0 Å². The molecular formula is C20H26F3NO3. The molecule has 0 N–H and O–H groups in total. The smallest absolute Gasteiger partial charge is 0.389 e. The minimum atomic E-state index is -4.37. The maximum absolute atomic E-state index is 12.8. The molecule has 0 bridgehead atoms. The first kappa shape index (κ1) is 21.3. The van der Waals surface area contributed by atoms with E-state index in [1.807, 2.05) is 31.2 Å². The fraction of sp³-hybridized carbons (Fsp3) is 0.600. The number of halogens is 3. The van der Waals surface area contributed by atoms with Gasteiger partial charge in [0.15, 0.2) is 0 Å². The predicted molar refractivity (Wildman–Crippen MR) is 95.1 cm³/mol. The molecule has 1 atom stereocenters. The van der Waals surface area contributed by atoms with E-state index in [4.69, 9.17) is 4.74 Å². The van der Waals surface area contributed by atoms with E-state index in [1.54, 1.807) is 6.92 Å². The monoisotopic (exact) mass is 385 g/mol. The molecule has 1 aliphatic heterocycles. The second-order valence-corrected chi connectivity index (χ2v) is 7.14. The number of piperidine rings is 1. The van der Waals surface area contributed by atoms with Gasteiger partial charge in [-0.2, -0.15) is 13.2 Å². The number of nitrogens with zero attached hydrogens (tertiary/aromatic N) is 1. The van der Waals surface area contributed by atoms with Gasteiger partial charge in [0.2, 0.25) is 5.91 Å². The molecular weight excluding hydrogens is 359 g/mol. The van der Waals surface area contributed by atoms with Gasteiger partial charge in [-0.05, 0) is 44.2 Å². The van der Waals surface area contributed by atoms with Gasteiger partial charge in [0, 0.05) is 19.5 Å². The number of alkyl halides is 3. The summed E-state index contributed by atoms with van der Waals surface area (Å²) in [6.45, 7) is 4.34. The molecule has 1 aromatic carbocycles. The Morgan fingerprint density at radius 2 is 1.96 bits per heavy atom. The Bertz CT molecular complexity index is 675. The number of ether oxygens (including phenoxy) is 1. The Hall–Kier alpha value is -2.05. The lowest BCUT2D eigenvalue weighted by Crippen LogP contribution is -2.51. The highest BCUT2D eigenvalue weighted by Crippen LogP contribution is 2.36. The van der Waals surface area contributed by atoms with Crippen LogP contribution in [0.4, 0.5) is 13.2 Å². The molecule has 1 aliphatic rings. The van der Waals surface area contributed by atoms with Crippen molar-refractivity contribution in [1.29, 1.82) is 0 Å². The van der Waals surface area contributed by atoms with Crippen molar-refractivity contribution in [2.45, 2.75) is 52.1 Å². The molecule has 1 amide bonds. The van der Waals surface area contributed by atoms with E-state index in [2.05, 4.69) is 0 Å². The Labute approximate surface area is 157 Å². The Balaban J connectivity index is 2.21. The van der Waals surface area contributed by atoms with Crippen molar-refractivity contribution >= 4 is 11.9 Å². The predicted octanol–water partition coefficient (Wildman–Crippen LogP) is 4.05. The Kier molecular flexibility index (Phi) is 6.89. The number of hydrogen-bond donors (Lipinski definition) is 0. The SMILES string of the molecule is CCOC(=O)[C@@]1(Cc2ccccc2C)CCCN(C(=O)CCC(F)(F)F)C1. The highest BCUT2D eigenvalue weighted by atomic mass is 19.4. The van der Waals surface area contributed by atoms with Crippen LogP contribution in [0, 0.1) is 12.3 Å². The lowest BCUT2D eigenvalue weighted by Gasteiger charge is -2.41. The van der Waals surface area contributed by atoms with Gasteiger partial charge >= 0.3 is 12.1 Å². The molecule has 1 aromatic rings. The van der Waals surface area contributed by atoms with E-state index in [1.165, 1.54) is 4.90 Å². The van der Waals surface area contributed by atoms with Gasteiger partial charge in [-0.25, -0.2) is 0 Å². The van der Waals surface area contributed by atoms with Crippen molar-refractivity contribution in [2.24, 2.45) is 5.41 Å². The number of esters is 1. The summed E-state index contributed by atoms with van der Waals surface area (Å²) in [6, 6.07) is 7.67. The first-order chi connectivity index (χ1) is 12.7. The van der Waals surface area contributed by atoms with Crippen molar-refractivity contribution in [2.75, 3.05) is 19.7 Å². The molecule has 1 heterocycles. The molecule has 0 saturated carbocycles. The van der Waals surface area contributed by atoms with E-state index in [0.29, 0.717) is 25.8 Å². The summed E-state index contributed by atoms with van der Waals surface area (Å²) in [4.78, 5) is 26.5. The van der Waals surface area contributed by atoms with Crippen LogP contribution in [0.15, 0.2) is 24.3 Å². The number of hydrogen-bond acceptors (Lipinski definition) is 3. The second kappa shape index (κ2) is 8.76. The van der Waals surface area contributed by atoms with Crippen LogP contribution in [0.5, 0.6) is 0 Å². The van der Waals surface area contributed by atoms with Gasteiger partial charge < -0.3 is 9.64 Å². The lowest BCUT2D eigenvalue weighted by molar-refractivity contribution is -0.163. The van der Waals surface area contributed by atoms with E-state index in [0.717, 1.165) is 11.1 Å². The van der Waals surface area contributed by atoms with Crippen LogP contribution in [-0.2, 0) is 20.7 Å². The van der Waals surface area contributed by atoms with E-state index >= 15 is 0 Å². The zero-order valence-corrected chi connectivity index (χ0v) is 15.8. The molecule has 2 rings (SSSR count). The summed E-state index contributed by atoms with van der Waals surface area (Å²) in [6.07, 6.45) is -4.60. The number of carbonyl (C=O) groups is 2. The molecule has 0 aliphatic carbocycles. The molecule has 4 nitrogen and oxygen atoms in total. The summed E-state index contributed by atoms with van der Waals surface area (Å²) < 4.78 is 42.6. The van der Waals surface area contributed by atoms with Crippen LogP contribution in [0.3, 0.4) is 0 Å². The first-order valence-corrected chi connectivity index (χ1v) is 9.23. The van der Waals surface area contributed by atoms with Crippen LogP contribution in [-0.4, -0.2) is 42.6 Å².